The number of hydrogen-bond acceptors (Lipinski definition) is 4. The monoisotopic (exact) mass is 360 g/mol. The molecular weight excluding hydrogens is 336 g/mol. The molecule has 2 aromatic rings. The lowest BCUT2D eigenvalue weighted by Gasteiger charge is -2.28. The third-order valence-corrected chi connectivity index (χ3v) is 5.97. The Hall–Kier alpha value is -1.96. The maximum atomic E-state index is 13.0. The number of furan rings is 1. The predicted molar refractivity (Wildman–Crippen MR) is 96.0 cm³/mol. The van der Waals surface area contributed by atoms with E-state index in [1.165, 1.54) is 4.90 Å². The molecule has 0 bridgehead atoms. The summed E-state index contributed by atoms with van der Waals surface area (Å²) >= 11 is 1.66. The van der Waals surface area contributed by atoms with E-state index in [-0.39, 0.29) is 11.9 Å². The van der Waals surface area contributed by atoms with Crippen LogP contribution in [0.5, 0.6) is 0 Å². The molecule has 1 atom stereocenters. The zero-order valence-electron chi connectivity index (χ0n) is 14.4. The number of likely N-dealkylation sites (N-methyl/N-ethyl adjacent to an activating group) is 1. The van der Waals surface area contributed by atoms with E-state index >= 15 is 0 Å². The Morgan fingerprint density at radius 1 is 1.32 bits per heavy atom. The summed E-state index contributed by atoms with van der Waals surface area (Å²) in [5.41, 5.74) is 0.975. The van der Waals surface area contributed by atoms with Gasteiger partial charge in [-0.05, 0) is 23.6 Å². The average Bonchev–Trinajstić information content (AvgIpc) is 3.36. The fourth-order valence-electron chi connectivity index (χ4n) is 3.54. The maximum absolute atomic E-state index is 13.0. The molecule has 1 fully saturated rings. The van der Waals surface area contributed by atoms with Crippen LogP contribution >= 0.6 is 11.3 Å². The summed E-state index contributed by atoms with van der Waals surface area (Å²) in [7, 11) is 2.21. The van der Waals surface area contributed by atoms with Crippen molar-refractivity contribution in [3.8, 4) is 0 Å². The number of piperazine rings is 1. The predicted octanol–water partition coefficient (Wildman–Crippen LogP) is -0.568. The van der Waals surface area contributed by atoms with Crippen molar-refractivity contribution in [2.24, 2.45) is 5.10 Å². The molecule has 2 aromatic heterocycles. The van der Waals surface area contributed by atoms with E-state index in [0.717, 1.165) is 42.5 Å². The van der Waals surface area contributed by atoms with Crippen LogP contribution < -0.4 is 9.80 Å². The number of hydrogen-bond donors (Lipinski definition) is 2. The number of rotatable bonds is 4. The molecule has 1 amide bonds. The SMILES string of the molecule is C[NH+]1CC[NH+](CC(=O)N2N=C(c3cccs3)C[C@@H]2c2ccco2)CC1. The first kappa shape index (κ1) is 16.5. The number of quaternary nitrogens is 2. The normalized spacial score (nSPS) is 26.7. The van der Waals surface area contributed by atoms with Gasteiger partial charge < -0.3 is 14.2 Å². The zero-order chi connectivity index (χ0) is 17.2. The van der Waals surface area contributed by atoms with Crippen LogP contribution in [-0.2, 0) is 4.79 Å². The summed E-state index contributed by atoms with van der Waals surface area (Å²) < 4.78 is 5.59. The van der Waals surface area contributed by atoms with Gasteiger partial charge in [0.25, 0.3) is 5.91 Å². The van der Waals surface area contributed by atoms with Crippen molar-refractivity contribution < 1.29 is 19.0 Å². The van der Waals surface area contributed by atoms with E-state index < -0.39 is 0 Å². The van der Waals surface area contributed by atoms with Crippen LogP contribution in [0.2, 0.25) is 0 Å². The summed E-state index contributed by atoms with van der Waals surface area (Å²) in [5.74, 6) is 0.893. The molecule has 2 N–H and O–H groups in total. The number of nitrogens with zero attached hydrogens (tertiary/aromatic N) is 2. The molecule has 25 heavy (non-hydrogen) atoms. The molecule has 4 rings (SSSR count). The highest BCUT2D eigenvalue weighted by molar-refractivity contribution is 7.12. The highest BCUT2D eigenvalue weighted by atomic mass is 32.1. The molecule has 2 aliphatic rings. The van der Waals surface area contributed by atoms with Gasteiger partial charge in [0.2, 0.25) is 0 Å². The van der Waals surface area contributed by atoms with Crippen LogP contribution in [-0.4, -0.2) is 56.4 Å². The van der Waals surface area contributed by atoms with Crippen molar-refractivity contribution in [3.63, 3.8) is 0 Å². The Labute approximate surface area is 151 Å². The summed E-state index contributed by atoms with van der Waals surface area (Å²) in [5, 5.41) is 8.38. The van der Waals surface area contributed by atoms with E-state index in [2.05, 4.69) is 18.2 Å². The number of carbonyl (C=O) groups excluding carboxylic acids is 1. The van der Waals surface area contributed by atoms with Gasteiger partial charge in [-0.2, -0.15) is 5.10 Å². The Morgan fingerprint density at radius 2 is 2.16 bits per heavy atom. The number of nitrogens with one attached hydrogen (secondary N) is 2. The summed E-state index contributed by atoms with van der Waals surface area (Å²) in [6.45, 7) is 4.82. The lowest BCUT2D eigenvalue weighted by atomic mass is 10.1. The largest absolute Gasteiger partial charge is 0.467 e. The van der Waals surface area contributed by atoms with Gasteiger partial charge >= 0.3 is 0 Å². The third kappa shape index (κ3) is 3.53. The third-order valence-electron chi connectivity index (χ3n) is 5.05. The van der Waals surface area contributed by atoms with E-state index in [1.54, 1.807) is 27.5 Å². The number of amides is 1. The standard InChI is InChI=1S/C18H22N4O2S/c1-20-6-8-21(9-7-20)13-18(23)22-15(16-4-2-10-24-16)12-14(19-22)17-5-3-11-25-17/h2-5,10-11,15H,6-9,12-13H2,1H3/p+2/t15-/m1/s1. The van der Waals surface area contributed by atoms with Gasteiger partial charge in [-0.15, -0.1) is 11.3 Å². The molecule has 6 nitrogen and oxygen atoms in total. The Balaban J connectivity index is 1.52. The first-order valence-electron chi connectivity index (χ1n) is 8.82. The highest BCUT2D eigenvalue weighted by Gasteiger charge is 2.37. The topological polar surface area (TPSA) is 54.7 Å². The summed E-state index contributed by atoms with van der Waals surface area (Å²) in [6.07, 6.45) is 2.37. The molecular formula is C18H24N4O2S+2. The smallest absolute Gasteiger partial charge is 0.298 e. The first-order valence-corrected chi connectivity index (χ1v) is 9.70. The van der Waals surface area contributed by atoms with E-state index in [1.807, 2.05) is 23.6 Å². The second-order valence-electron chi connectivity index (χ2n) is 6.88. The lowest BCUT2D eigenvalue weighted by molar-refractivity contribution is -1.000. The zero-order valence-corrected chi connectivity index (χ0v) is 15.2. The van der Waals surface area contributed by atoms with Crippen molar-refractivity contribution >= 4 is 23.0 Å². The second-order valence-corrected chi connectivity index (χ2v) is 7.83. The fourth-order valence-corrected chi connectivity index (χ4v) is 4.26. The lowest BCUT2D eigenvalue weighted by Crippen LogP contribution is -3.27. The summed E-state index contributed by atoms with van der Waals surface area (Å²) in [4.78, 5) is 17.0. The first-order chi connectivity index (χ1) is 12.2. The number of hydrazone groups is 1. The maximum Gasteiger partial charge on any atom is 0.298 e. The molecule has 0 aromatic carbocycles. The number of thiophene rings is 1. The highest BCUT2D eigenvalue weighted by Crippen LogP contribution is 2.33. The Morgan fingerprint density at radius 3 is 2.84 bits per heavy atom. The van der Waals surface area contributed by atoms with Crippen LogP contribution in [0.3, 0.4) is 0 Å². The minimum absolute atomic E-state index is 0.0857. The van der Waals surface area contributed by atoms with Gasteiger partial charge in [-0.25, -0.2) is 5.01 Å². The molecule has 0 spiro atoms. The van der Waals surface area contributed by atoms with E-state index in [9.17, 15) is 4.79 Å². The average molecular weight is 360 g/mol. The van der Waals surface area contributed by atoms with Gasteiger partial charge in [0.05, 0.1) is 23.9 Å². The van der Waals surface area contributed by atoms with Gasteiger partial charge in [0, 0.05) is 6.42 Å². The molecule has 132 valence electrons. The fraction of sp³-hybridized carbons (Fsp3) is 0.444. The molecule has 4 heterocycles. The van der Waals surface area contributed by atoms with Gasteiger partial charge in [-0.3, -0.25) is 4.79 Å². The minimum Gasteiger partial charge on any atom is -0.467 e. The van der Waals surface area contributed by atoms with Gasteiger partial charge in [0.15, 0.2) is 6.54 Å². The van der Waals surface area contributed by atoms with Gasteiger partial charge in [0.1, 0.15) is 38.0 Å². The molecule has 0 saturated carbocycles. The van der Waals surface area contributed by atoms with Crippen LogP contribution in [0.4, 0.5) is 0 Å². The molecule has 1 saturated heterocycles. The van der Waals surface area contributed by atoms with Crippen molar-refractivity contribution in [1.82, 2.24) is 5.01 Å². The van der Waals surface area contributed by atoms with E-state index in [4.69, 9.17) is 4.42 Å². The van der Waals surface area contributed by atoms with Crippen LogP contribution in [0, 0.1) is 0 Å². The van der Waals surface area contributed by atoms with Crippen molar-refractivity contribution in [2.75, 3.05) is 39.8 Å². The van der Waals surface area contributed by atoms with Crippen LogP contribution in [0.25, 0.3) is 0 Å². The van der Waals surface area contributed by atoms with Crippen molar-refractivity contribution in [3.05, 3.63) is 46.5 Å². The van der Waals surface area contributed by atoms with Crippen molar-refractivity contribution in [1.29, 1.82) is 0 Å². The Kier molecular flexibility index (Phi) is 4.70. The minimum atomic E-state index is -0.128. The van der Waals surface area contributed by atoms with Crippen molar-refractivity contribution in [2.45, 2.75) is 12.5 Å². The van der Waals surface area contributed by atoms with Crippen LogP contribution in [0.15, 0.2) is 45.4 Å². The number of carbonyl (C=O) groups is 1. The molecule has 0 unspecified atom stereocenters. The molecule has 7 heteroatoms. The molecule has 2 aliphatic heterocycles. The molecule has 0 radical (unpaired) electrons. The molecule has 0 aliphatic carbocycles. The van der Waals surface area contributed by atoms with Crippen LogP contribution in [0.1, 0.15) is 23.1 Å². The summed E-state index contributed by atoms with van der Waals surface area (Å²) in [6, 6.07) is 7.76. The van der Waals surface area contributed by atoms with E-state index in [0.29, 0.717) is 13.0 Å². The quantitative estimate of drug-likeness (QED) is 0.768. The Bertz CT molecular complexity index is 733. The van der Waals surface area contributed by atoms with Gasteiger partial charge in [-0.1, -0.05) is 6.07 Å². The second kappa shape index (κ2) is 7.11.